The minimum absolute atomic E-state index is 0.0721. The summed E-state index contributed by atoms with van der Waals surface area (Å²) >= 11 is 6.05. The molecule has 2 heterocycles. The van der Waals surface area contributed by atoms with Gasteiger partial charge in [-0.1, -0.05) is 17.7 Å². The van der Waals surface area contributed by atoms with E-state index in [2.05, 4.69) is 14.9 Å². The third-order valence-electron chi connectivity index (χ3n) is 3.90. The molecule has 0 radical (unpaired) electrons. The molecule has 0 spiro atoms. The predicted octanol–water partition coefficient (Wildman–Crippen LogP) is 1.93. The second-order valence-corrected chi connectivity index (χ2v) is 5.98. The van der Waals surface area contributed by atoms with Gasteiger partial charge < -0.3 is 10.0 Å². The number of carbonyl (C=O) groups excluding carboxylic acids is 1. The first-order valence-corrected chi connectivity index (χ1v) is 7.87. The Balaban J connectivity index is 1.57. The van der Waals surface area contributed by atoms with E-state index in [1.807, 2.05) is 0 Å². The Morgan fingerprint density at radius 1 is 1.21 bits per heavy atom. The molecule has 3 rings (SSSR count). The zero-order valence-electron chi connectivity index (χ0n) is 12.8. The molecule has 1 N–H and O–H groups in total. The molecule has 1 aromatic heterocycles. The standard InChI is InChI=1S/C16H16ClFN4O2/c17-14-7-12(18)2-1-11(14)10-21-3-5-22(6-4-21)16(24)15-19-8-13(23)9-20-15/h1-2,7-9,23H,3-6,10H2. The quantitative estimate of drug-likeness (QED) is 0.916. The van der Waals surface area contributed by atoms with Crippen LogP contribution in [0.5, 0.6) is 5.75 Å². The van der Waals surface area contributed by atoms with Crippen molar-refractivity contribution in [2.45, 2.75) is 6.54 Å². The summed E-state index contributed by atoms with van der Waals surface area (Å²) in [5.74, 6) is -0.613. The number of carbonyl (C=O) groups is 1. The van der Waals surface area contributed by atoms with Gasteiger partial charge in [-0.25, -0.2) is 14.4 Å². The van der Waals surface area contributed by atoms with E-state index in [1.165, 1.54) is 24.5 Å². The van der Waals surface area contributed by atoms with E-state index in [4.69, 9.17) is 11.6 Å². The van der Waals surface area contributed by atoms with Crippen molar-refractivity contribution in [1.29, 1.82) is 0 Å². The van der Waals surface area contributed by atoms with Crippen LogP contribution in [-0.2, 0) is 6.54 Å². The van der Waals surface area contributed by atoms with Crippen molar-refractivity contribution < 1.29 is 14.3 Å². The summed E-state index contributed by atoms with van der Waals surface area (Å²) in [5.41, 5.74) is 0.861. The summed E-state index contributed by atoms with van der Waals surface area (Å²) in [6.45, 7) is 3.05. The van der Waals surface area contributed by atoms with Crippen LogP contribution in [0.25, 0.3) is 0 Å². The van der Waals surface area contributed by atoms with Crippen molar-refractivity contribution in [3.8, 4) is 5.75 Å². The Hall–Kier alpha value is -2.25. The minimum Gasteiger partial charge on any atom is -0.505 e. The van der Waals surface area contributed by atoms with Gasteiger partial charge in [-0.2, -0.15) is 0 Å². The normalized spacial score (nSPS) is 15.5. The molecule has 0 saturated carbocycles. The minimum atomic E-state index is -0.354. The van der Waals surface area contributed by atoms with Gasteiger partial charge in [0.1, 0.15) is 5.82 Å². The monoisotopic (exact) mass is 350 g/mol. The zero-order chi connectivity index (χ0) is 17.1. The van der Waals surface area contributed by atoms with Crippen LogP contribution >= 0.6 is 11.6 Å². The van der Waals surface area contributed by atoms with E-state index >= 15 is 0 Å². The number of nitrogens with zero attached hydrogens (tertiary/aromatic N) is 4. The molecule has 8 heteroatoms. The van der Waals surface area contributed by atoms with Gasteiger partial charge in [-0.3, -0.25) is 9.69 Å². The fourth-order valence-electron chi connectivity index (χ4n) is 2.57. The number of hydrogen-bond donors (Lipinski definition) is 1. The van der Waals surface area contributed by atoms with Crippen molar-refractivity contribution in [2.75, 3.05) is 26.2 Å². The summed E-state index contributed by atoms with van der Waals surface area (Å²) in [4.78, 5) is 23.8. The number of rotatable bonds is 3. The van der Waals surface area contributed by atoms with E-state index in [-0.39, 0.29) is 23.3 Å². The van der Waals surface area contributed by atoms with Crippen molar-refractivity contribution >= 4 is 17.5 Å². The van der Waals surface area contributed by atoms with E-state index < -0.39 is 0 Å². The van der Waals surface area contributed by atoms with Gasteiger partial charge in [-0.05, 0) is 17.7 Å². The number of halogens is 2. The van der Waals surface area contributed by atoms with Crippen LogP contribution in [0.4, 0.5) is 4.39 Å². The molecular formula is C16H16ClFN4O2. The number of benzene rings is 1. The molecule has 0 atom stereocenters. The molecular weight excluding hydrogens is 335 g/mol. The molecule has 0 bridgehead atoms. The maximum absolute atomic E-state index is 13.1. The van der Waals surface area contributed by atoms with Gasteiger partial charge in [0.2, 0.25) is 5.82 Å². The Kier molecular flexibility index (Phi) is 4.92. The maximum Gasteiger partial charge on any atom is 0.291 e. The number of aromatic nitrogens is 2. The summed E-state index contributed by atoms with van der Waals surface area (Å²) < 4.78 is 13.1. The van der Waals surface area contributed by atoms with E-state index in [0.717, 1.165) is 5.56 Å². The molecule has 1 amide bonds. The molecule has 1 saturated heterocycles. The first-order chi connectivity index (χ1) is 11.5. The maximum atomic E-state index is 13.1. The first kappa shape index (κ1) is 16.6. The van der Waals surface area contributed by atoms with E-state index in [1.54, 1.807) is 11.0 Å². The predicted molar refractivity (Wildman–Crippen MR) is 86.3 cm³/mol. The fourth-order valence-corrected chi connectivity index (χ4v) is 2.80. The average Bonchev–Trinajstić information content (AvgIpc) is 2.58. The van der Waals surface area contributed by atoms with Crippen molar-refractivity contribution in [2.24, 2.45) is 0 Å². The van der Waals surface area contributed by atoms with Gasteiger partial charge in [0, 0.05) is 37.7 Å². The van der Waals surface area contributed by atoms with Crippen LogP contribution in [0.2, 0.25) is 5.02 Å². The Bertz CT molecular complexity index is 733. The highest BCUT2D eigenvalue weighted by Crippen LogP contribution is 2.20. The number of aromatic hydroxyl groups is 1. The molecule has 1 fully saturated rings. The molecule has 24 heavy (non-hydrogen) atoms. The topological polar surface area (TPSA) is 69.6 Å². The van der Waals surface area contributed by atoms with Gasteiger partial charge in [0.15, 0.2) is 5.75 Å². The molecule has 1 aliphatic heterocycles. The summed E-state index contributed by atoms with van der Waals surface area (Å²) in [6, 6.07) is 4.38. The smallest absolute Gasteiger partial charge is 0.291 e. The van der Waals surface area contributed by atoms with Crippen LogP contribution in [0.1, 0.15) is 16.2 Å². The number of amides is 1. The lowest BCUT2D eigenvalue weighted by atomic mass is 10.2. The zero-order valence-corrected chi connectivity index (χ0v) is 13.6. The Morgan fingerprint density at radius 3 is 2.50 bits per heavy atom. The van der Waals surface area contributed by atoms with Crippen LogP contribution in [-0.4, -0.2) is 57.0 Å². The highest BCUT2D eigenvalue weighted by atomic mass is 35.5. The lowest BCUT2D eigenvalue weighted by molar-refractivity contribution is 0.0616. The molecule has 6 nitrogen and oxygen atoms in total. The van der Waals surface area contributed by atoms with Crippen LogP contribution in [0.3, 0.4) is 0 Å². The first-order valence-electron chi connectivity index (χ1n) is 7.49. The molecule has 0 unspecified atom stereocenters. The third-order valence-corrected chi connectivity index (χ3v) is 4.25. The average molecular weight is 351 g/mol. The summed E-state index contributed by atoms with van der Waals surface area (Å²) in [6.07, 6.45) is 2.40. The highest BCUT2D eigenvalue weighted by Gasteiger charge is 2.24. The third kappa shape index (κ3) is 3.80. The van der Waals surface area contributed by atoms with Crippen LogP contribution in [0.15, 0.2) is 30.6 Å². The highest BCUT2D eigenvalue weighted by molar-refractivity contribution is 6.31. The molecule has 1 aliphatic rings. The van der Waals surface area contributed by atoms with Gasteiger partial charge in [0.05, 0.1) is 12.4 Å². The summed E-state index contributed by atoms with van der Waals surface area (Å²) in [7, 11) is 0. The van der Waals surface area contributed by atoms with Crippen molar-refractivity contribution in [1.82, 2.24) is 19.8 Å². The number of piperazine rings is 1. The lowest BCUT2D eigenvalue weighted by Gasteiger charge is -2.34. The molecule has 0 aliphatic carbocycles. The number of hydrogen-bond acceptors (Lipinski definition) is 5. The second kappa shape index (κ2) is 7.11. The SMILES string of the molecule is O=C(c1ncc(O)cn1)N1CCN(Cc2ccc(F)cc2Cl)CC1. The Labute approximate surface area is 143 Å². The van der Waals surface area contributed by atoms with E-state index in [9.17, 15) is 14.3 Å². The molecule has 2 aromatic rings. The second-order valence-electron chi connectivity index (χ2n) is 5.57. The van der Waals surface area contributed by atoms with Crippen molar-refractivity contribution in [3.05, 3.63) is 52.8 Å². The Morgan fingerprint density at radius 2 is 1.88 bits per heavy atom. The van der Waals surface area contributed by atoms with E-state index in [0.29, 0.717) is 37.7 Å². The van der Waals surface area contributed by atoms with Gasteiger partial charge in [0.25, 0.3) is 5.91 Å². The summed E-state index contributed by atoms with van der Waals surface area (Å²) in [5, 5.41) is 9.58. The molecule has 126 valence electrons. The van der Waals surface area contributed by atoms with Gasteiger partial charge >= 0.3 is 0 Å². The largest absolute Gasteiger partial charge is 0.505 e. The lowest BCUT2D eigenvalue weighted by Crippen LogP contribution is -2.48. The van der Waals surface area contributed by atoms with Crippen LogP contribution < -0.4 is 0 Å². The molecule has 1 aromatic carbocycles. The van der Waals surface area contributed by atoms with Gasteiger partial charge in [-0.15, -0.1) is 0 Å². The van der Waals surface area contributed by atoms with Crippen LogP contribution in [0, 0.1) is 5.82 Å². The van der Waals surface area contributed by atoms with Crippen molar-refractivity contribution in [3.63, 3.8) is 0 Å². The fraction of sp³-hybridized carbons (Fsp3) is 0.312.